The van der Waals surface area contributed by atoms with Gasteiger partial charge in [0, 0.05) is 19.5 Å². The van der Waals surface area contributed by atoms with Gasteiger partial charge in [-0.15, -0.1) is 0 Å². The van der Waals surface area contributed by atoms with Gasteiger partial charge in [-0.2, -0.15) is 0 Å². The van der Waals surface area contributed by atoms with Crippen LogP contribution in [-0.4, -0.2) is 47.2 Å². The molecule has 0 aromatic rings. The van der Waals surface area contributed by atoms with Crippen molar-refractivity contribution in [1.82, 2.24) is 10.0 Å². The maximum atomic E-state index is 12.0. The van der Waals surface area contributed by atoms with Crippen LogP contribution < -0.4 is 5.73 Å². The summed E-state index contributed by atoms with van der Waals surface area (Å²) in [4.78, 5) is 34.7. The highest BCUT2D eigenvalue weighted by molar-refractivity contribution is 5.93. The molecule has 0 bridgehead atoms. The van der Waals surface area contributed by atoms with Crippen LogP contribution in [0.3, 0.4) is 0 Å². The maximum absolute atomic E-state index is 12.0. The van der Waals surface area contributed by atoms with Crippen molar-refractivity contribution in [1.29, 1.82) is 0 Å². The first-order valence-corrected chi connectivity index (χ1v) is 5.47. The van der Waals surface area contributed by atoms with E-state index in [1.165, 1.54) is 10.0 Å². The van der Waals surface area contributed by atoms with Crippen LogP contribution in [-0.2, 0) is 14.4 Å². The fourth-order valence-corrected chi connectivity index (χ4v) is 2.29. The molecule has 2 atom stereocenters. The number of nitrogens with two attached hydrogens (primary N) is 1. The van der Waals surface area contributed by atoms with Gasteiger partial charge < -0.3 is 10.5 Å². The lowest BCUT2D eigenvalue weighted by Crippen LogP contribution is -2.64. The van der Waals surface area contributed by atoms with Gasteiger partial charge in [0.1, 0.15) is 12.3 Å². The smallest absolute Gasteiger partial charge is 0.246 e. The highest BCUT2D eigenvalue weighted by Crippen LogP contribution is 2.26. The summed E-state index contributed by atoms with van der Waals surface area (Å²) < 4.78 is 0. The summed E-state index contributed by atoms with van der Waals surface area (Å²) in [5, 5.41) is 2.71. The van der Waals surface area contributed by atoms with Gasteiger partial charge >= 0.3 is 0 Å². The van der Waals surface area contributed by atoms with Crippen molar-refractivity contribution in [3.05, 3.63) is 0 Å². The summed E-state index contributed by atoms with van der Waals surface area (Å²) in [5.74, 6) is -0.773. The minimum absolute atomic E-state index is 0.110. The molecule has 2 aliphatic rings. The van der Waals surface area contributed by atoms with Crippen molar-refractivity contribution >= 4 is 18.1 Å². The molecule has 2 heterocycles. The molecule has 88 valence electrons. The fourth-order valence-electron chi connectivity index (χ4n) is 2.29. The molecule has 6 nitrogen and oxygen atoms in total. The Labute approximate surface area is 93.3 Å². The zero-order valence-electron chi connectivity index (χ0n) is 8.96. The molecule has 2 saturated heterocycles. The summed E-state index contributed by atoms with van der Waals surface area (Å²) in [7, 11) is 0. The van der Waals surface area contributed by atoms with E-state index in [1.54, 1.807) is 0 Å². The maximum Gasteiger partial charge on any atom is 0.246 e. The van der Waals surface area contributed by atoms with E-state index in [1.807, 2.05) is 0 Å². The number of hydrogen-bond acceptors (Lipinski definition) is 4. The van der Waals surface area contributed by atoms with E-state index in [-0.39, 0.29) is 24.8 Å². The Kier molecular flexibility index (Phi) is 2.91. The van der Waals surface area contributed by atoms with Gasteiger partial charge in [0.25, 0.3) is 0 Å². The van der Waals surface area contributed by atoms with Crippen molar-refractivity contribution in [2.24, 2.45) is 11.7 Å². The zero-order chi connectivity index (χ0) is 11.7. The molecular formula is C10H15N3O3. The van der Waals surface area contributed by atoms with Crippen molar-refractivity contribution in [2.45, 2.75) is 25.3 Å². The second-order valence-electron chi connectivity index (χ2n) is 4.18. The number of carbonyl (C=O) groups is 3. The summed E-state index contributed by atoms with van der Waals surface area (Å²) >= 11 is 0. The normalized spacial score (nSPS) is 30.3. The summed E-state index contributed by atoms with van der Waals surface area (Å²) in [6, 6.07) is -0.500. The Hall–Kier alpha value is -1.43. The topological polar surface area (TPSA) is 83.7 Å². The fraction of sp³-hybridized carbons (Fsp3) is 0.700. The molecule has 0 saturated carbocycles. The van der Waals surface area contributed by atoms with Crippen molar-refractivity contribution in [3.63, 3.8) is 0 Å². The summed E-state index contributed by atoms with van der Waals surface area (Å²) in [6.45, 7) is 0.673. The first-order chi connectivity index (χ1) is 7.69. The minimum Gasteiger partial charge on any atom is -0.330 e. The molecular weight excluding hydrogens is 210 g/mol. The Morgan fingerprint density at radius 3 is 2.81 bits per heavy atom. The first-order valence-electron chi connectivity index (χ1n) is 5.47. The third-order valence-electron chi connectivity index (χ3n) is 3.17. The second-order valence-corrected chi connectivity index (χ2v) is 4.18. The molecule has 2 aliphatic heterocycles. The monoisotopic (exact) mass is 225 g/mol. The Balaban J connectivity index is 2.27. The molecule has 2 amide bonds. The first kappa shape index (κ1) is 11.1. The zero-order valence-corrected chi connectivity index (χ0v) is 8.96. The molecule has 0 spiro atoms. The van der Waals surface area contributed by atoms with Crippen LogP contribution in [0.25, 0.3) is 0 Å². The van der Waals surface area contributed by atoms with E-state index >= 15 is 0 Å². The van der Waals surface area contributed by atoms with Crippen LogP contribution in [0.15, 0.2) is 0 Å². The predicted octanol–water partition coefficient (Wildman–Crippen LogP) is -1.10. The molecule has 0 aromatic heterocycles. The molecule has 0 aliphatic carbocycles. The van der Waals surface area contributed by atoms with E-state index in [0.717, 1.165) is 12.7 Å². The summed E-state index contributed by atoms with van der Waals surface area (Å²) in [5.41, 5.74) is 5.46. The Morgan fingerprint density at radius 1 is 1.44 bits per heavy atom. The number of carbonyl (C=O) groups excluding carboxylic acids is 3. The number of hydrazine groups is 1. The van der Waals surface area contributed by atoms with E-state index in [4.69, 9.17) is 5.73 Å². The standard InChI is InChI=1S/C10H15N3O3/c11-5-7-4-9(15)12-3-1-2-8(6-14)13(12)10(7)16/h6-8H,1-5,11H2. The van der Waals surface area contributed by atoms with Gasteiger partial charge in [0.15, 0.2) is 0 Å². The van der Waals surface area contributed by atoms with Crippen LogP contribution in [0.5, 0.6) is 0 Å². The van der Waals surface area contributed by atoms with E-state index in [2.05, 4.69) is 0 Å². The number of aldehydes is 1. The molecule has 2 N–H and O–H groups in total. The highest BCUT2D eigenvalue weighted by Gasteiger charge is 2.43. The van der Waals surface area contributed by atoms with Crippen LogP contribution >= 0.6 is 0 Å². The van der Waals surface area contributed by atoms with E-state index < -0.39 is 12.0 Å². The van der Waals surface area contributed by atoms with Crippen LogP contribution in [0.1, 0.15) is 19.3 Å². The third-order valence-corrected chi connectivity index (χ3v) is 3.17. The van der Waals surface area contributed by atoms with Crippen molar-refractivity contribution < 1.29 is 14.4 Å². The van der Waals surface area contributed by atoms with Gasteiger partial charge in [-0.25, -0.2) is 5.01 Å². The minimum atomic E-state index is -0.500. The predicted molar refractivity (Wildman–Crippen MR) is 54.8 cm³/mol. The third kappa shape index (κ3) is 1.59. The second kappa shape index (κ2) is 4.21. The molecule has 6 heteroatoms. The lowest BCUT2D eigenvalue weighted by Gasteiger charge is -2.46. The molecule has 0 radical (unpaired) electrons. The van der Waals surface area contributed by atoms with E-state index in [9.17, 15) is 14.4 Å². The van der Waals surface area contributed by atoms with Crippen LogP contribution in [0.2, 0.25) is 0 Å². The lowest BCUT2D eigenvalue weighted by molar-refractivity contribution is -0.186. The molecule has 16 heavy (non-hydrogen) atoms. The van der Waals surface area contributed by atoms with Crippen LogP contribution in [0.4, 0.5) is 0 Å². The van der Waals surface area contributed by atoms with Gasteiger partial charge in [-0.3, -0.25) is 14.6 Å². The van der Waals surface area contributed by atoms with Gasteiger partial charge in [-0.05, 0) is 12.8 Å². The largest absolute Gasteiger partial charge is 0.330 e. The Bertz CT molecular complexity index is 331. The van der Waals surface area contributed by atoms with Gasteiger partial charge in [0.05, 0.1) is 5.92 Å². The van der Waals surface area contributed by atoms with E-state index in [0.29, 0.717) is 13.0 Å². The number of nitrogens with zero attached hydrogens (tertiary/aromatic N) is 2. The summed E-state index contributed by atoms with van der Waals surface area (Å²) in [6.07, 6.45) is 2.27. The SMILES string of the molecule is NCC1CC(=O)N2CCCC(C=O)N2C1=O. The van der Waals surface area contributed by atoms with Gasteiger partial charge in [0.2, 0.25) is 11.8 Å². The number of rotatable bonds is 2. The molecule has 2 rings (SSSR count). The quantitative estimate of drug-likeness (QED) is 0.604. The lowest BCUT2D eigenvalue weighted by atomic mass is 9.97. The number of amides is 2. The highest BCUT2D eigenvalue weighted by atomic mass is 16.2. The number of hydrogen-bond donors (Lipinski definition) is 1. The molecule has 2 unspecified atom stereocenters. The molecule has 0 aromatic carbocycles. The average Bonchev–Trinajstić information content (AvgIpc) is 2.32. The van der Waals surface area contributed by atoms with Crippen LogP contribution in [0, 0.1) is 5.92 Å². The Morgan fingerprint density at radius 2 is 2.19 bits per heavy atom. The average molecular weight is 225 g/mol. The molecule has 2 fully saturated rings. The number of fused-ring (bicyclic) bond motifs is 1. The van der Waals surface area contributed by atoms with Crippen molar-refractivity contribution in [2.75, 3.05) is 13.1 Å². The van der Waals surface area contributed by atoms with Gasteiger partial charge in [-0.1, -0.05) is 0 Å². The van der Waals surface area contributed by atoms with Crippen molar-refractivity contribution in [3.8, 4) is 0 Å².